The van der Waals surface area contributed by atoms with Gasteiger partial charge >= 0.3 is 6.09 Å². The second-order valence-corrected chi connectivity index (χ2v) is 4.83. The van der Waals surface area contributed by atoms with Crippen LogP contribution in [0.4, 0.5) is 19.3 Å². The molecule has 1 saturated heterocycles. The predicted molar refractivity (Wildman–Crippen MR) is 65.9 cm³/mol. The first-order valence-electron chi connectivity index (χ1n) is 5.36. The number of rotatable bonds is 1. The first-order valence-corrected chi connectivity index (χ1v) is 6.15. The largest absolute Gasteiger partial charge is 0.465 e. The Bertz CT molecular complexity index is 476. The average Bonchev–Trinajstić information content (AvgIpc) is 2.34. The van der Waals surface area contributed by atoms with Gasteiger partial charge in [-0.05, 0) is 22.0 Å². The maximum atomic E-state index is 13.7. The molecule has 0 radical (unpaired) electrons. The highest BCUT2D eigenvalue weighted by Gasteiger charge is 2.23. The molecule has 1 amide bonds. The molecule has 98 valence electrons. The lowest BCUT2D eigenvalue weighted by atomic mass is 10.2. The summed E-state index contributed by atoms with van der Waals surface area (Å²) in [7, 11) is 0. The maximum Gasteiger partial charge on any atom is 0.407 e. The Morgan fingerprint density at radius 1 is 1.17 bits per heavy atom. The quantitative estimate of drug-likeness (QED) is 0.809. The zero-order valence-corrected chi connectivity index (χ0v) is 11.0. The fourth-order valence-electron chi connectivity index (χ4n) is 1.89. The van der Waals surface area contributed by atoms with Crippen molar-refractivity contribution in [3.05, 3.63) is 28.2 Å². The van der Waals surface area contributed by atoms with Gasteiger partial charge in [-0.3, -0.25) is 0 Å². The summed E-state index contributed by atoms with van der Waals surface area (Å²) in [6.07, 6.45) is -0.989. The molecule has 1 fully saturated rings. The number of piperazine rings is 1. The van der Waals surface area contributed by atoms with Crippen LogP contribution >= 0.6 is 15.9 Å². The minimum atomic E-state index is -0.989. The molecule has 4 nitrogen and oxygen atoms in total. The van der Waals surface area contributed by atoms with E-state index in [0.717, 1.165) is 12.1 Å². The van der Waals surface area contributed by atoms with Crippen molar-refractivity contribution >= 4 is 27.7 Å². The van der Waals surface area contributed by atoms with E-state index in [1.807, 2.05) is 0 Å². The van der Waals surface area contributed by atoms with E-state index in [1.54, 1.807) is 4.90 Å². The normalized spacial score (nSPS) is 15.9. The average molecular weight is 321 g/mol. The van der Waals surface area contributed by atoms with Gasteiger partial charge in [-0.25, -0.2) is 13.6 Å². The number of benzene rings is 1. The molecule has 0 saturated carbocycles. The molecule has 1 aromatic carbocycles. The highest BCUT2D eigenvalue weighted by atomic mass is 79.9. The van der Waals surface area contributed by atoms with Crippen LogP contribution in [-0.2, 0) is 0 Å². The van der Waals surface area contributed by atoms with Gasteiger partial charge in [0.15, 0.2) is 0 Å². The number of anilines is 1. The van der Waals surface area contributed by atoms with Gasteiger partial charge in [-0.15, -0.1) is 0 Å². The number of nitrogens with zero attached hydrogens (tertiary/aromatic N) is 2. The van der Waals surface area contributed by atoms with Crippen molar-refractivity contribution in [1.29, 1.82) is 0 Å². The second-order valence-electron chi connectivity index (χ2n) is 3.97. The van der Waals surface area contributed by atoms with Crippen LogP contribution in [0.25, 0.3) is 0 Å². The summed E-state index contributed by atoms with van der Waals surface area (Å²) in [4.78, 5) is 13.6. The molecule has 0 unspecified atom stereocenters. The number of amides is 1. The van der Waals surface area contributed by atoms with E-state index in [1.165, 1.54) is 4.90 Å². The number of carboxylic acid groups (broad SMARTS) is 1. The Balaban J connectivity index is 2.15. The number of halogens is 3. The third-order valence-corrected chi connectivity index (χ3v) is 3.49. The fourth-order valence-corrected chi connectivity index (χ4v) is 2.21. The first kappa shape index (κ1) is 13.1. The van der Waals surface area contributed by atoms with Gasteiger partial charge in [0.1, 0.15) is 11.6 Å². The van der Waals surface area contributed by atoms with Crippen molar-refractivity contribution in [2.24, 2.45) is 0 Å². The minimum Gasteiger partial charge on any atom is -0.465 e. The molecule has 0 aromatic heterocycles. The lowest BCUT2D eigenvalue weighted by Gasteiger charge is -2.34. The highest BCUT2D eigenvalue weighted by molar-refractivity contribution is 9.10. The van der Waals surface area contributed by atoms with Crippen LogP contribution in [-0.4, -0.2) is 42.3 Å². The van der Waals surface area contributed by atoms with Gasteiger partial charge in [0.2, 0.25) is 0 Å². The second kappa shape index (κ2) is 5.09. The van der Waals surface area contributed by atoms with Crippen LogP contribution in [0, 0.1) is 11.6 Å². The van der Waals surface area contributed by atoms with Crippen LogP contribution in [0.1, 0.15) is 0 Å². The van der Waals surface area contributed by atoms with E-state index in [9.17, 15) is 13.6 Å². The van der Waals surface area contributed by atoms with Crippen molar-refractivity contribution in [1.82, 2.24) is 4.90 Å². The molecule has 1 N–H and O–H groups in total. The summed E-state index contributed by atoms with van der Waals surface area (Å²) in [5.74, 6) is -1.06. The topological polar surface area (TPSA) is 43.8 Å². The molecule has 0 aliphatic carbocycles. The molecule has 0 atom stereocenters. The molecular formula is C11H11BrF2N2O2. The van der Waals surface area contributed by atoms with Crippen molar-refractivity contribution < 1.29 is 18.7 Å². The zero-order chi connectivity index (χ0) is 13.3. The van der Waals surface area contributed by atoms with Gasteiger partial charge in [0, 0.05) is 32.2 Å². The third-order valence-electron chi connectivity index (χ3n) is 2.88. The molecule has 1 aromatic rings. The van der Waals surface area contributed by atoms with Gasteiger partial charge in [-0.1, -0.05) is 0 Å². The lowest BCUT2D eigenvalue weighted by molar-refractivity contribution is 0.142. The van der Waals surface area contributed by atoms with E-state index < -0.39 is 17.7 Å². The van der Waals surface area contributed by atoms with E-state index in [-0.39, 0.29) is 23.2 Å². The van der Waals surface area contributed by atoms with Crippen molar-refractivity contribution in [2.45, 2.75) is 0 Å². The molecule has 18 heavy (non-hydrogen) atoms. The van der Waals surface area contributed by atoms with Crippen molar-refractivity contribution in [3.63, 3.8) is 0 Å². The Labute approximate surface area is 111 Å². The van der Waals surface area contributed by atoms with Crippen LogP contribution in [0.5, 0.6) is 0 Å². The minimum absolute atomic E-state index is 0.0768. The van der Waals surface area contributed by atoms with Crippen LogP contribution in [0.3, 0.4) is 0 Å². The van der Waals surface area contributed by atoms with E-state index in [0.29, 0.717) is 13.1 Å². The summed E-state index contributed by atoms with van der Waals surface area (Å²) in [5, 5.41) is 8.80. The number of hydrogen-bond donors (Lipinski definition) is 1. The molecule has 0 bridgehead atoms. The summed E-state index contributed by atoms with van der Waals surface area (Å²) in [6, 6.07) is 2.20. The molecule has 1 aliphatic rings. The molecule has 1 aliphatic heterocycles. The molecule has 1 heterocycles. The van der Waals surface area contributed by atoms with Gasteiger partial charge in [-0.2, -0.15) is 0 Å². The summed E-state index contributed by atoms with van der Waals surface area (Å²) in [5.41, 5.74) is 0.167. The molecule has 0 spiro atoms. The zero-order valence-electron chi connectivity index (χ0n) is 9.37. The Kier molecular flexibility index (Phi) is 3.70. The molecule has 7 heteroatoms. The van der Waals surface area contributed by atoms with Gasteiger partial charge in [0.05, 0.1) is 10.2 Å². The molecule has 2 rings (SSSR count). The Morgan fingerprint density at radius 3 is 2.33 bits per heavy atom. The predicted octanol–water partition coefficient (Wildman–Crippen LogP) is 2.53. The van der Waals surface area contributed by atoms with Crippen LogP contribution < -0.4 is 4.90 Å². The van der Waals surface area contributed by atoms with Gasteiger partial charge in [0.25, 0.3) is 0 Å². The summed E-state index contributed by atoms with van der Waals surface area (Å²) >= 11 is 2.91. The van der Waals surface area contributed by atoms with Crippen molar-refractivity contribution in [2.75, 3.05) is 31.1 Å². The Morgan fingerprint density at radius 2 is 1.78 bits per heavy atom. The maximum absolute atomic E-state index is 13.7. The fraction of sp³-hybridized carbons (Fsp3) is 0.364. The van der Waals surface area contributed by atoms with Gasteiger partial charge < -0.3 is 14.9 Å². The highest BCUT2D eigenvalue weighted by Crippen LogP contribution is 2.27. The lowest BCUT2D eigenvalue weighted by Crippen LogP contribution is -2.48. The van der Waals surface area contributed by atoms with E-state index in [4.69, 9.17) is 5.11 Å². The first-order chi connectivity index (χ1) is 8.49. The van der Waals surface area contributed by atoms with Crippen molar-refractivity contribution in [3.8, 4) is 0 Å². The number of hydrogen-bond acceptors (Lipinski definition) is 2. The SMILES string of the molecule is O=C(O)N1CCN(c2cc(F)c(Br)cc2F)CC1. The number of carbonyl (C=O) groups is 1. The monoisotopic (exact) mass is 320 g/mol. The Hall–Kier alpha value is -1.37. The van der Waals surface area contributed by atoms with Crippen LogP contribution in [0.2, 0.25) is 0 Å². The smallest absolute Gasteiger partial charge is 0.407 e. The summed E-state index contributed by atoms with van der Waals surface area (Å²) < 4.78 is 27.2. The molecular weight excluding hydrogens is 310 g/mol. The van der Waals surface area contributed by atoms with E-state index >= 15 is 0 Å². The van der Waals surface area contributed by atoms with Crippen LogP contribution in [0.15, 0.2) is 16.6 Å². The standard InChI is InChI=1S/C11H11BrF2N2O2/c12-7-5-9(14)10(6-8(7)13)15-1-3-16(4-2-15)11(17)18/h5-6H,1-4H2,(H,17,18). The van der Waals surface area contributed by atoms with E-state index in [2.05, 4.69) is 15.9 Å². The third kappa shape index (κ3) is 2.55. The summed E-state index contributed by atoms with van der Waals surface area (Å²) in [6.45, 7) is 1.27.